The summed E-state index contributed by atoms with van der Waals surface area (Å²) >= 11 is 0. The molecule has 2 amide bonds. The van der Waals surface area contributed by atoms with Gasteiger partial charge in [0.05, 0.1) is 19.1 Å². The molecule has 3 N–H and O–H groups in total. The predicted molar refractivity (Wildman–Crippen MR) is 125 cm³/mol. The monoisotopic (exact) mass is 470 g/mol. The van der Waals surface area contributed by atoms with Crippen molar-refractivity contribution in [2.24, 2.45) is 0 Å². The molecular weight excluding hydrogens is 440 g/mol. The predicted octanol–water partition coefficient (Wildman–Crippen LogP) is 2.54. The zero-order valence-electron chi connectivity index (χ0n) is 19.3. The molecule has 2 aromatic carbocycles. The zero-order valence-corrected chi connectivity index (χ0v) is 19.3. The van der Waals surface area contributed by atoms with Crippen LogP contribution in [0.3, 0.4) is 0 Å². The molecule has 2 atom stereocenters. The number of aliphatic carboxylic acids is 1. The number of alkyl carbamates (subject to hydrolysis) is 1. The van der Waals surface area contributed by atoms with Gasteiger partial charge in [0.25, 0.3) is 0 Å². The number of carbonyl (C=O) groups excluding carboxylic acids is 2. The minimum absolute atomic E-state index is 0.0416. The van der Waals surface area contributed by atoms with Gasteiger partial charge in [0, 0.05) is 26.2 Å². The number of carboxylic acid groups (broad SMARTS) is 1. The third-order valence-corrected chi connectivity index (χ3v) is 5.60. The Labute approximate surface area is 198 Å². The van der Waals surface area contributed by atoms with Gasteiger partial charge in [0.1, 0.15) is 6.61 Å². The van der Waals surface area contributed by atoms with Crippen LogP contribution in [-0.2, 0) is 23.8 Å². The van der Waals surface area contributed by atoms with Crippen LogP contribution < -0.4 is 10.6 Å². The molecule has 3 rings (SSSR count). The van der Waals surface area contributed by atoms with Crippen LogP contribution in [0.5, 0.6) is 0 Å². The normalized spacial score (nSPS) is 13.9. The summed E-state index contributed by atoms with van der Waals surface area (Å²) in [5.74, 6) is -1.77. The summed E-state index contributed by atoms with van der Waals surface area (Å²) in [5, 5.41) is 14.2. The van der Waals surface area contributed by atoms with E-state index in [9.17, 15) is 14.4 Å². The molecule has 34 heavy (non-hydrogen) atoms. The van der Waals surface area contributed by atoms with Crippen LogP contribution in [0.4, 0.5) is 4.79 Å². The molecule has 0 radical (unpaired) electrons. The topological polar surface area (TPSA) is 123 Å². The Morgan fingerprint density at radius 1 is 1.03 bits per heavy atom. The van der Waals surface area contributed by atoms with Crippen molar-refractivity contribution in [3.8, 4) is 11.1 Å². The van der Waals surface area contributed by atoms with Gasteiger partial charge in [-0.3, -0.25) is 4.79 Å². The number of methoxy groups -OCH3 is 1. The molecule has 0 fully saturated rings. The fourth-order valence-electron chi connectivity index (χ4n) is 4.07. The van der Waals surface area contributed by atoms with E-state index >= 15 is 0 Å². The highest BCUT2D eigenvalue weighted by Crippen LogP contribution is 2.44. The first kappa shape index (κ1) is 25.2. The Hall–Kier alpha value is -3.43. The molecule has 0 aromatic heterocycles. The Kier molecular flexibility index (Phi) is 9.00. The summed E-state index contributed by atoms with van der Waals surface area (Å²) in [6, 6.07) is 15.0. The average Bonchev–Trinajstić information content (AvgIpc) is 3.14. The van der Waals surface area contributed by atoms with Crippen LogP contribution >= 0.6 is 0 Å². The van der Waals surface area contributed by atoms with Gasteiger partial charge in [-0.2, -0.15) is 0 Å². The summed E-state index contributed by atoms with van der Waals surface area (Å²) in [7, 11) is 1.35. The number of fused-ring (bicyclic) bond motifs is 3. The minimum Gasteiger partial charge on any atom is -0.480 e. The van der Waals surface area contributed by atoms with Gasteiger partial charge >= 0.3 is 12.1 Å². The first-order chi connectivity index (χ1) is 16.4. The number of carboxylic acids is 1. The van der Waals surface area contributed by atoms with Crippen molar-refractivity contribution in [3.05, 3.63) is 59.7 Å². The Balaban J connectivity index is 1.52. The number of nitrogens with one attached hydrogen (secondary N) is 2. The van der Waals surface area contributed by atoms with Crippen molar-refractivity contribution >= 4 is 18.0 Å². The van der Waals surface area contributed by atoms with Crippen molar-refractivity contribution < 1.29 is 33.7 Å². The van der Waals surface area contributed by atoms with Crippen molar-refractivity contribution in [2.75, 3.05) is 33.5 Å². The molecule has 0 bridgehead atoms. The van der Waals surface area contributed by atoms with Crippen molar-refractivity contribution in [3.63, 3.8) is 0 Å². The number of carbonyl (C=O) groups is 3. The third kappa shape index (κ3) is 6.33. The molecule has 0 aliphatic heterocycles. The summed E-state index contributed by atoms with van der Waals surface area (Å²) in [6.07, 6.45) is -1.37. The number of amides is 2. The van der Waals surface area contributed by atoms with E-state index in [1.54, 1.807) is 6.92 Å². The van der Waals surface area contributed by atoms with Gasteiger partial charge < -0.3 is 30.0 Å². The highest BCUT2D eigenvalue weighted by molar-refractivity contribution is 5.84. The van der Waals surface area contributed by atoms with Crippen LogP contribution in [0.2, 0.25) is 0 Å². The lowest BCUT2D eigenvalue weighted by atomic mass is 9.98. The van der Waals surface area contributed by atoms with Gasteiger partial charge in [-0.05, 0) is 29.2 Å². The largest absolute Gasteiger partial charge is 0.480 e. The van der Waals surface area contributed by atoms with Crippen LogP contribution in [0, 0.1) is 0 Å². The van der Waals surface area contributed by atoms with E-state index in [-0.39, 0.29) is 32.1 Å². The molecule has 1 aliphatic rings. The number of benzene rings is 2. The summed E-state index contributed by atoms with van der Waals surface area (Å²) in [6.45, 7) is 2.16. The highest BCUT2D eigenvalue weighted by atomic mass is 16.5. The SMILES string of the molecule is CCOC(CNC(=O)OCC1c2ccccc2-c2ccccc21)CC(=O)NC(COC)C(=O)O. The second-order valence-corrected chi connectivity index (χ2v) is 7.90. The molecule has 9 heteroatoms. The smallest absolute Gasteiger partial charge is 0.407 e. The van der Waals surface area contributed by atoms with Gasteiger partial charge in [0.15, 0.2) is 6.04 Å². The number of hydrogen-bond acceptors (Lipinski definition) is 6. The van der Waals surface area contributed by atoms with Crippen molar-refractivity contribution in [1.82, 2.24) is 10.6 Å². The van der Waals surface area contributed by atoms with Crippen molar-refractivity contribution in [1.29, 1.82) is 0 Å². The first-order valence-electron chi connectivity index (χ1n) is 11.2. The van der Waals surface area contributed by atoms with E-state index in [0.717, 1.165) is 22.3 Å². The third-order valence-electron chi connectivity index (χ3n) is 5.60. The van der Waals surface area contributed by atoms with E-state index in [1.807, 2.05) is 36.4 Å². The molecule has 2 unspecified atom stereocenters. The average molecular weight is 471 g/mol. The molecule has 2 aromatic rings. The van der Waals surface area contributed by atoms with Gasteiger partial charge in [0.2, 0.25) is 5.91 Å². The van der Waals surface area contributed by atoms with Crippen LogP contribution in [-0.4, -0.2) is 68.7 Å². The zero-order chi connectivity index (χ0) is 24.5. The number of ether oxygens (including phenoxy) is 3. The lowest BCUT2D eigenvalue weighted by Crippen LogP contribution is -2.46. The Morgan fingerprint density at radius 2 is 1.65 bits per heavy atom. The highest BCUT2D eigenvalue weighted by Gasteiger charge is 2.29. The van der Waals surface area contributed by atoms with E-state index in [2.05, 4.69) is 22.8 Å². The molecule has 0 saturated carbocycles. The van der Waals surface area contributed by atoms with Crippen molar-refractivity contribution in [2.45, 2.75) is 31.4 Å². The van der Waals surface area contributed by atoms with Crippen LogP contribution in [0.15, 0.2) is 48.5 Å². The molecule has 0 spiro atoms. The molecule has 182 valence electrons. The fourth-order valence-corrected chi connectivity index (χ4v) is 4.07. The van der Waals surface area contributed by atoms with E-state index < -0.39 is 30.1 Å². The molecule has 9 nitrogen and oxygen atoms in total. The van der Waals surface area contributed by atoms with E-state index in [1.165, 1.54) is 7.11 Å². The Morgan fingerprint density at radius 3 is 2.21 bits per heavy atom. The second kappa shape index (κ2) is 12.2. The van der Waals surface area contributed by atoms with Gasteiger partial charge in [-0.1, -0.05) is 48.5 Å². The molecule has 0 saturated heterocycles. The number of hydrogen-bond donors (Lipinski definition) is 3. The maximum atomic E-state index is 12.4. The summed E-state index contributed by atoms with van der Waals surface area (Å²) in [4.78, 5) is 35.8. The molecule has 1 aliphatic carbocycles. The first-order valence-corrected chi connectivity index (χ1v) is 11.2. The van der Waals surface area contributed by atoms with Crippen LogP contribution in [0.25, 0.3) is 11.1 Å². The maximum Gasteiger partial charge on any atom is 0.407 e. The maximum absolute atomic E-state index is 12.4. The summed E-state index contributed by atoms with van der Waals surface area (Å²) in [5.41, 5.74) is 4.51. The van der Waals surface area contributed by atoms with Crippen LogP contribution in [0.1, 0.15) is 30.4 Å². The minimum atomic E-state index is -1.19. The quantitative estimate of drug-likeness (QED) is 0.436. The molecule has 0 heterocycles. The van der Waals surface area contributed by atoms with E-state index in [4.69, 9.17) is 19.3 Å². The van der Waals surface area contributed by atoms with Gasteiger partial charge in [-0.15, -0.1) is 0 Å². The lowest BCUT2D eigenvalue weighted by Gasteiger charge is -2.20. The Bertz CT molecular complexity index is 965. The second-order valence-electron chi connectivity index (χ2n) is 7.90. The fraction of sp³-hybridized carbons (Fsp3) is 0.400. The standard InChI is InChI=1S/C25H30N2O7/c1-3-33-16(12-23(28)27-22(15-32-2)24(29)30)13-26-25(31)34-14-21-19-10-6-4-8-17(19)18-9-5-7-11-20(18)21/h4-11,16,21-22H,3,12-15H2,1-2H3,(H,26,31)(H,27,28)(H,29,30). The number of rotatable bonds is 12. The molecular formula is C25H30N2O7. The summed E-state index contributed by atoms with van der Waals surface area (Å²) < 4.78 is 15.8. The lowest BCUT2D eigenvalue weighted by molar-refractivity contribution is -0.143. The van der Waals surface area contributed by atoms with Gasteiger partial charge in [-0.25, -0.2) is 9.59 Å². The van der Waals surface area contributed by atoms with E-state index in [0.29, 0.717) is 6.61 Å².